The lowest BCUT2D eigenvalue weighted by atomic mass is 9.95. The fraction of sp³-hybridized carbons (Fsp3) is 0.550. The highest BCUT2D eigenvalue weighted by Crippen LogP contribution is 2.23. The number of carbonyl (C=O) groups is 1. The van der Waals surface area contributed by atoms with Gasteiger partial charge in [0.05, 0.1) is 28.8 Å². The van der Waals surface area contributed by atoms with Crippen molar-refractivity contribution in [2.24, 2.45) is 5.92 Å². The molecular formula is C20H26N4O5. The van der Waals surface area contributed by atoms with E-state index >= 15 is 0 Å². The minimum Gasteiger partial charge on any atom is -0.477 e. The highest BCUT2D eigenvalue weighted by molar-refractivity contribution is 5.77. The number of rotatable bonds is 5. The number of nitro groups is 1. The third-order valence-electron chi connectivity index (χ3n) is 4.66. The van der Waals surface area contributed by atoms with Gasteiger partial charge in [0.25, 0.3) is 5.69 Å². The van der Waals surface area contributed by atoms with E-state index in [4.69, 9.17) is 9.47 Å². The maximum Gasteiger partial charge on any atom is 0.410 e. The number of likely N-dealkylation sites (tertiary alicyclic amines) is 1. The molecule has 0 saturated carbocycles. The van der Waals surface area contributed by atoms with Gasteiger partial charge in [-0.2, -0.15) is 0 Å². The van der Waals surface area contributed by atoms with Crippen molar-refractivity contribution in [1.82, 2.24) is 14.9 Å². The van der Waals surface area contributed by atoms with E-state index in [-0.39, 0.29) is 11.8 Å². The smallest absolute Gasteiger partial charge is 0.410 e. The van der Waals surface area contributed by atoms with Gasteiger partial charge >= 0.3 is 6.09 Å². The lowest BCUT2D eigenvalue weighted by Gasteiger charge is -2.34. The zero-order valence-corrected chi connectivity index (χ0v) is 17.0. The molecule has 1 atom stereocenters. The summed E-state index contributed by atoms with van der Waals surface area (Å²) in [5.74, 6) is 0.721. The van der Waals surface area contributed by atoms with Crippen LogP contribution in [0.5, 0.6) is 5.88 Å². The normalized spacial score (nSPS) is 17.2. The van der Waals surface area contributed by atoms with Crippen molar-refractivity contribution in [1.29, 1.82) is 0 Å². The van der Waals surface area contributed by atoms with Crippen LogP contribution in [0.15, 0.2) is 24.4 Å². The van der Waals surface area contributed by atoms with Gasteiger partial charge in [-0.1, -0.05) is 0 Å². The number of piperidine rings is 1. The van der Waals surface area contributed by atoms with E-state index in [0.717, 1.165) is 19.3 Å². The number of carbonyl (C=O) groups excluding carboxylic acids is 1. The molecular weight excluding hydrogens is 376 g/mol. The Hall–Kier alpha value is -2.97. The summed E-state index contributed by atoms with van der Waals surface area (Å²) < 4.78 is 11.2. The third-order valence-corrected chi connectivity index (χ3v) is 4.66. The topological polar surface area (TPSA) is 108 Å². The van der Waals surface area contributed by atoms with Gasteiger partial charge in [-0.15, -0.1) is 0 Å². The Morgan fingerprint density at radius 2 is 2.14 bits per heavy atom. The molecule has 0 aliphatic carbocycles. The van der Waals surface area contributed by atoms with E-state index in [1.54, 1.807) is 11.0 Å². The van der Waals surface area contributed by atoms with Gasteiger partial charge in [0, 0.05) is 25.2 Å². The average Bonchev–Trinajstić information content (AvgIpc) is 2.66. The van der Waals surface area contributed by atoms with Gasteiger partial charge in [0.1, 0.15) is 5.60 Å². The Bertz CT molecular complexity index is 896. The second-order valence-corrected chi connectivity index (χ2v) is 8.21. The Balaban J connectivity index is 1.52. The maximum atomic E-state index is 12.3. The van der Waals surface area contributed by atoms with Crippen molar-refractivity contribution >= 4 is 22.8 Å². The van der Waals surface area contributed by atoms with E-state index in [9.17, 15) is 14.9 Å². The first kappa shape index (κ1) is 20.8. The molecule has 1 amide bonds. The van der Waals surface area contributed by atoms with Crippen LogP contribution in [0, 0.1) is 16.0 Å². The van der Waals surface area contributed by atoms with Crippen molar-refractivity contribution < 1.29 is 19.2 Å². The van der Waals surface area contributed by atoms with Crippen molar-refractivity contribution in [3.63, 3.8) is 0 Å². The van der Waals surface area contributed by atoms with Crippen LogP contribution in [0.3, 0.4) is 0 Å². The summed E-state index contributed by atoms with van der Waals surface area (Å²) in [6.07, 6.45) is 3.98. The number of aromatic nitrogens is 2. The molecule has 9 nitrogen and oxygen atoms in total. The van der Waals surface area contributed by atoms with Gasteiger partial charge in [-0.05, 0) is 52.0 Å². The first-order chi connectivity index (χ1) is 13.7. The molecule has 1 aliphatic rings. The Morgan fingerprint density at radius 1 is 1.34 bits per heavy atom. The highest BCUT2D eigenvalue weighted by Gasteiger charge is 2.27. The molecule has 9 heteroatoms. The van der Waals surface area contributed by atoms with E-state index in [1.165, 1.54) is 18.3 Å². The van der Waals surface area contributed by atoms with Crippen LogP contribution in [0.25, 0.3) is 11.0 Å². The number of ether oxygens (including phenoxy) is 2. The van der Waals surface area contributed by atoms with E-state index in [1.807, 2.05) is 20.8 Å². The predicted molar refractivity (Wildman–Crippen MR) is 107 cm³/mol. The highest BCUT2D eigenvalue weighted by atomic mass is 16.6. The van der Waals surface area contributed by atoms with Gasteiger partial charge < -0.3 is 14.4 Å². The number of fused-ring (bicyclic) bond motifs is 1. The molecule has 0 unspecified atom stereocenters. The zero-order chi connectivity index (χ0) is 21.0. The quantitative estimate of drug-likeness (QED) is 0.550. The average molecular weight is 402 g/mol. The van der Waals surface area contributed by atoms with Crippen LogP contribution in [0.2, 0.25) is 0 Å². The Morgan fingerprint density at radius 3 is 2.86 bits per heavy atom. The van der Waals surface area contributed by atoms with Gasteiger partial charge in [-0.25, -0.2) is 14.8 Å². The monoisotopic (exact) mass is 402 g/mol. The van der Waals surface area contributed by atoms with Gasteiger partial charge in [0.2, 0.25) is 5.88 Å². The summed E-state index contributed by atoms with van der Waals surface area (Å²) in [5, 5.41) is 10.8. The standard InChI is InChI=1S/C20H26N4O5/c1-20(2,3)29-19(25)23-9-4-5-14(13-23)8-10-28-18-12-21-17-11-15(24(26)27)6-7-16(17)22-18/h6-7,11-12,14H,4-5,8-10,13H2,1-3H3/t14-/m0/s1. The summed E-state index contributed by atoms with van der Waals surface area (Å²) in [4.78, 5) is 32.9. The molecule has 1 saturated heterocycles. The number of nitrogens with zero attached hydrogens (tertiary/aromatic N) is 4. The van der Waals surface area contributed by atoms with Crippen molar-refractivity contribution in [2.45, 2.75) is 45.6 Å². The summed E-state index contributed by atoms with van der Waals surface area (Å²) >= 11 is 0. The minimum absolute atomic E-state index is 0.0210. The molecule has 0 radical (unpaired) electrons. The summed E-state index contributed by atoms with van der Waals surface area (Å²) in [6.45, 7) is 7.43. The van der Waals surface area contributed by atoms with Crippen molar-refractivity contribution in [3.05, 3.63) is 34.5 Å². The predicted octanol–water partition coefficient (Wildman–Crippen LogP) is 3.95. The molecule has 29 heavy (non-hydrogen) atoms. The zero-order valence-electron chi connectivity index (χ0n) is 17.0. The van der Waals surface area contributed by atoms with Crippen molar-refractivity contribution in [2.75, 3.05) is 19.7 Å². The molecule has 2 aromatic rings. The fourth-order valence-corrected chi connectivity index (χ4v) is 3.29. The molecule has 1 aromatic heterocycles. The lowest BCUT2D eigenvalue weighted by Crippen LogP contribution is -2.43. The van der Waals surface area contributed by atoms with Crippen LogP contribution < -0.4 is 4.74 Å². The molecule has 2 heterocycles. The summed E-state index contributed by atoms with van der Waals surface area (Å²) in [7, 11) is 0. The molecule has 0 bridgehead atoms. The molecule has 1 aromatic carbocycles. The number of benzene rings is 1. The van der Waals surface area contributed by atoms with Crippen LogP contribution in [-0.2, 0) is 4.74 Å². The number of non-ortho nitro benzene ring substituents is 1. The van der Waals surface area contributed by atoms with E-state index in [2.05, 4.69) is 9.97 Å². The number of nitro benzene ring substituents is 1. The molecule has 3 rings (SSSR count). The lowest BCUT2D eigenvalue weighted by molar-refractivity contribution is -0.384. The number of amides is 1. The van der Waals surface area contributed by atoms with Crippen molar-refractivity contribution in [3.8, 4) is 5.88 Å². The molecule has 0 spiro atoms. The first-order valence-electron chi connectivity index (χ1n) is 9.73. The van der Waals surface area contributed by atoms with E-state index in [0.29, 0.717) is 42.5 Å². The Kier molecular flexibility index (Phi) is 6.14. The van der Waals surface area contributed by atoms with Gasteiger partial charge in [0.15, 0.2) is 0 Å². The summed E-state index contributed by atoms with van der Waals surface area (Å²) in [6, 6.07) is 4.35. The third kappa shape index (κ3) is 5.75. The molecule has 1 fully saturated rings. The van der Waals surface area contributed by atoms with E-state index < -0.39 is 10.5 Å². The van der Waals surface area contributed by atoms with Gasteiger partial charge in [-0.3, -0.25) is 10.1 Å². The summed E-state index contributed by atoms with van der Waals surface area (Å²) in [5.41, 5.74) is 0.475. The van der Waals surface area contributed by atoms with Crippen LogP contribution in [0.1, 0.15) is 40.0 Å². The largest absolute Gasteiger partial charge is 0.477 e. The van der Waals surface area contributed by atoms with Crippen LogP contribution in [-0.4, -0.2) is 51.2 Å². The maximum absolute atomic E-state index is 12.3. The number of hydrogen-bond donors (Lipinski definition) is 0. The molecule has 1 aliphatic heterocycles. The SMILES string of the molecule is CC(C)(C)OC(=O)N1CCC[C@@H](CCOc2cnc3cc([N+](=O)[O-])ccc3n2)C1. The van der Waals surface area contributed by atoms with Crippen LogP contribution in [0.4, 0.5) is 10.5 Å². The fourth-order valence-electron chi connectivity index (χ4n) is 3.29. The molecule has 156 valence electrons. The minimum atomic E-state index is -0.498. The molecule has 0 N–H and O–H groups in total. The first-order valence-corrected chi connectivity index (χ1v) is 9.73. The second kappa shape index (κ2) is 8.59. The van der Waals surface area contributed by atoms with Crippen LogP contribution >= 0.6 is 0 Å². The second-order valence-electron chi connectivity index (χ2n) is 8.21. The number of hydrogen-bond acceptors (Lipinski definition) is 7. The Labute approximate surface area is 169 Å².